The molecule has 3 unspecified atom stereocenters. The van der Waals surface area contributed by atoms with Gasteiger partial charge in [0.15, 0.2) is 12.4 Å². The second-order valence-corrected chi connectivity index (χ2v) is 50.0. The summed E-state index contributed by atoms with van der Waals surface area (Å²) in [5, 5.41) is 43.1. The fourth-order valence-corrected chi connectivity index (χ4v) is 24.2. The van der Waals surface area contributed by atoms with Crippen LogP contribution in [0.15, 0.2) is 43.8 Å². The molecule has 1 aromatic heterocycles. The van der Waals surface area contributed by atoms with Gasteiger partial charge in [-0.05, 0) is 162 Å². The Bertz CT molecular complexity index is 5290. The van der Waals surface area contributed by atoms with Crippen molar-refractivity contribution in [1.82, 2.24) is 87.9 Å². The SMILES string of the molecule is C#CCCC(NC(=O)[C@@H]1[C@@H]2[C@H](CN1C(=O)[C@@H](NC(=O)N[C@H](CN1CCCCC1=O)C(C)(C)C)C1CCCCC1)C2(C)C)C(=O)C(=O)NCC=C.C=CCNC(=O)C(=O)C(CCC)NC(=O)[C@@H]1[C@@H]2[C@H](CN1C(=O)[C@@H](NC(=O)N[C@H](CN1CCCCC1=O)C(C)(C)C)C1CCCCC1)C2(C)C.CC(C)(C)[C@H](NC(=O)N[C@H](CN1C(=O)c2cc[n+]([O-])cc2C1=O)C(C)(C)C)C(=O)N1C[C@H]2[C@@H]([C@H]1C(=O)NC(CC1CCC1)C(=O)C(N)=O)C2(C)C. The van der Waals surface area contributed by atoms with E-state index >= 15 is 0 Å². The zero-order valence-electron chi connectivity index (χ0n) is 91.9. The molecule has 150 heavy (non-hydrogen) atoms. The van der Waals surface area contributed by atoms with Crippen LogP contribution in [0.3, 0.4) is 0 Å². The molecule has 1 aromatic rings. The summed E-state index contributed by atoms with van der Waals surface area (Å²) in [7, 11) is 0. The first-order valence-corrected chi connectivity index (χ1v) is 54.6. The van der Waals surface area contributed by atoms with Crippen molar-refractivity contribution in [1.29, 1.82) is 0 Å². The van der Waals surface area contributed by atoms with Crippen LogP contribution in [0.4, 0.5) is 14.4 Å². The van der Waals surface area contributed by atoms with Crippen molar-refractivity contribution in [2.75, 3.05) is 65.4 Å². The van der Waals surface area contributed by atoms with Gasteiger partial charge >= 0.3 is 18.1 Å². The van der Waals surface area contributed by atoms with E-state index in [4.69, 9.17) is 12.2 Å². The minimum atomic E-state index is -1.15. The van der Waals surface area contributed by atoms with Gasteiger partial charge in [-0.25, -0.2) is 14.4 Å². The highest BCUT2D eigenvalue weighted by Crippen LogP contribution is 2.67. The van der Waals surface area contributed by atoms with Gasteiger partial charge in [0.25, 0.3) is 29.5 Å². The Morgan fingerprint density at radius 2 is 0.853 bits per heavy atom. The number of carbonyl (C=O) groups is 19. The quantitative estimate of drug-likeness (QED) is 0.00759. The first-order valence-electron chi connectivity index (χ1n) is 54.6. The molecule has 0 bridgehead atoms. The molecule has 0 spiro atoms. The number of nitrogens with zero attached hydrogens (tertiary/aromatic N) is 7. The Morgan fingerprint density at radius 1 is 0.473 bits per heavy atom. The second-order valence-electron chi connectivity index (χ2n) is 50.0. The first kappa shape index (κ1) is 118. The van der Waals surface area contributed by atoms with Crippen LogP contribution in [0.25, 0.3) is 0 Å². The summed E-state index contributed by atoms with van der Waals surface area (Å²) >= 11 is 0. The van der Waals surface area contributed by atoms with Gasteiger partial charge in [0.2, 0.25) is 64.6 Å². The van der Waals surface area contributed by atoms with Crippen LogP contribution in [-0.4, -0.2) is 280 Å². The number of hydrogen-bond donors (Lipinski definition) is 12. The Morgan fingerprint density at radius 3 is 1.21 bits per heavy atom. The number of likely N-dealkylation sites (tertiary alicyclic amines) is 5. The minimum Gasteiger partial charge on any atom is -0.619 e. The number of ketones is 3. The number of amides is 19. The summed E-state index contributed by atoms with van der Waals surface area (Å²) < 4.78 is 0.442. The van der Waals surface area contributed by atoms with Gasteiger partial charge in [0, 0.05) is 84.2 Å². The van der Waals surface area contributed by atoms with Crippen LogP contribution < -0.4 is 68.9 Å². The first-order chi connectivity index (χ1) is 70.3. The number of terminal acetylenes is 1. The van der Waals surface area contributed by atoms with Crippen molar-refractivity contribution in [3.63, 3.8) is 0 Å². The topological polar surface area (TPSA) is 529 Å². The van der Waals surface area contributed by atoms with E-state index in [1.165, 1.54) is 23.1 Å². The molecule has 12 aliphatic rings. The van der Waals surface area contributed by atoms with E-state index in [0.29, 0.717) is 69.7 Å². The van der Waals surface area contributed by atoms with E-state index < -0.39 is 160 Å². The molecule has 13 N–H and O–H groups in total. The molecular weight excluding hydrogens is 1920 g/mol. The summed E-state index contributed by atoms with van der Waals surface area (Å²) in [5.74, 6) is -6.52. The Balaban J connectivity index is 0.000000213. The number of pyridine rings is 1. The second kappa shape index (κ2) is 48.8. The Hall–Kier alpha value is -11.9. The number of piperidine rings is 5. The highest BCUT2D eigenvalue weighted by molar-refractivity contribution is 6.39. The number of nitrogens with one attached hydrogen (secondary N) is 11. The maximum Gasteiger partial charge on any atom is 0.315 e. The van der Waals surface area contributed by atoms with E-state index in [1.807, 2.05) is 92.9 Å². The van der Waals surface area contributed by atoms with Crippen LogP contribution in [0.1, 0.15) is 306 Å². The maximum atomic E-state index is 14.6. The molecule has 13 rings (SSSR count). The number of hydrogen-bond acceptors (Lipinski definition) is 20. The van der Waals surface area contributed by atoms with Crippen LogP contribution in [-0.2, 0) is 67.1 Å². The van der Waals surface area contributed by atoms with E-state index in [-0.39, 0.29) is 173 Å². The van der Waals surface area contributed by atoms with Crippen LogP contribution in [0.5, 0.6) is 0 Å². The number of aromatic nitrogens is 1. The van der Waals surface area contributed by atoms with Crippen LogP contribution >= 0.6 is 0 Å². The van der Waals surface area contributed by atoms with Crippen molar-refractivity contribution in [2.24, 2.45) is 96.9 Å². The van der Waals surface area contributed by atoms with Gasteiger partial charge < -0.3 is 93.9 Å². The van der Waals surface area contributed by atoms with E-state index in [2.05, 4.69) is 105 Å². The van der Waals surface area contributed by atoms with E-state index in [9.17, 15) is 96.3 Å². The predicted octanol–water partition coefficient (Wildman–Crippen LogP) is 7.47. The normalized spacial score (nSPS) is 24.8. The largest absolute Gasteiger partial charge is 0.619 e. The molecule has 828 valence electrons. The lowest BCUT2D eigenvalue weighted by atomic mass is 9.80. The smallest absolute Gasteiger partial charge is 0.315 e. The molecule has 6 aliphatic heterocycles. The summed E-state index contributed by atoms with van der Waals surface area (Å²) in [6, 6.07) is -10.5. The zero-order valence-corrected chi connectivity index (χ0v) is 91.9. The predicted molar refractivity (Wildman–Crippen MR) is 560 cm³/mol. The summed E-state index contributed by atoms with van der Waals surface area (Å²) in [6.07, 6.45) is 28.4. The van der Waals surface area contributed by atoms with Gasteiger partial charge in [-0.3, -0.25) is 81.6 Å². The number of fused-ring (bicyclic) bond motifs is 4. The Kier molecular flexibility index (Phi) is 38.5. The average Bonchev–Trinajstić information content (AvgIpc) is 1.53. The molecule has 5 saturated heterocycles. The van der Waals surface area contributed by atoms with E-state index in [0.717, 1.165) is 126 Å². The number of primary amides is 1. The molecule has 18 atom stereocenters. The maximum absolute atomic E-state index is 14.6. The van der Waals surface area contributed by atoms with Gasteiger partial charge in [-0.2, -0.15) is 4.73 Å². The van der Waals surface area contributed by atoms with Crippen molar-refractivity contribution in [3.05, 3.63) is 60.1 Å². The summed E-state index contributed by atoms with van der Waals surface area (Å²) in [6.45, 7) is 47.5. The van der Waals surface area contributed by atoms with Crippen molar-refractivity contribution >= 4 is 112 Å². The minimum absolute atomic E-state index is 0.0181. The van der Waals surface area contributed by atoms with Gasteiger partial charge in [0.1, 0.15) is 41.8 Å². The molecule has 6 saturated carbocycles. The molecular formula is C111H169N19O20. The van der Waals surface area contributed by atoms with Crippen LogP contribution in [0.2, 0.25) is 0 Å². The molecule has 11 fully saturated rings. The summed E-state index contributed by atoms with van der Waals surface area (Å²) in [5.41, 5.74) is 2.62. The monoisotopic (exact) mass is 2090 g/mol. The average molecular weight is 2090 g/mol. The third kappa shape index (κ3) is 28.0. The highest BCUT2D eigenvalue weighted by Gasteiger charge is 2.73. The molecule has 0 aromatic carbocycles. The summed E-state index contributed by atoms with van der Waals surface area (Å²) in [4.78, 5) is 264. The lowest BCUT2D eigenvalue weighted by Gasteiger charge is -2.39. The molecule has 6 aliphatic carbocycles. The number of carbonyl (C=O) groups excluding carboxylic acids is 19. The number of nitrogens with two attached hydrogens (primary N) is 1. The number of Topliss-reactive ketones (excluding diaryl/α,β-unsaturated/α-hetero) is 3. The lowest BCUT2D eigenvalue weighted by molar-refractivity contribution is -0.605. The standard InChI is InChI=1S/C38H58N6O6.C37H60N6O6.C36H51N7O8/c1-8-10-18-26(32(46)34(48)39-20-9-2)40-33(47)31-29-25(38(29,6)7)22-44(31)35(49)30(24-16-12-11-13-17-24)42-36(50)41-27(37(3,4)5)23-43-21-15-14-19-28(43)45;1-8-15-25(31(45)33(47)38-19-9-2)39-32(46)30-28-24(37(28,6)7)21-43(30)34(48)29(23-16-11-10-12-17-23)41-35(49)40-26(36(3,4)5)22-42-20-14-13-18-27(42)44;1-34(2,3)23(17-43-30(47)19-12-13-41(51)15-20(19)31(43)48)39-33(50)40-27(35(4,5)6)32(49)42-16-21-24(36(21,7)8)25(42)29(46)38-22(26(44)28(37)45)14-18-10-9-11-18/h1,9,24-27,29-31H,2,10-23H2,3-7H3,(H,39,48)(H,40,47)(H2,41,42,50);9,23-26,28-30H,2,8,10-22H2,1,3-7H3,(H,38,47)(H,39,46)(H2,40,41,49);12-13,15,18,21-25,27H,9-11,14,16-17H2,1-8H3,(H2,37,45)(H,38,46)(H2,39,40,50)/t25-,26?,27+,29-,30-,31-;24-,25?,26+,28-,29-,30-;21-,22?,23+,24-,25-,27+/m000/s1. The highest BCUT2D eigenvalue weighted by atomic mass is 16.5. The lowest BCUT2D eigenvalue weighted by Crippen LogP contribution is -2.63. The third-order valence-electron chi connectivity index (χ3n) is 34.3. The van der Waals surface area contributed by atoms with E-state index in [1.54, 1.807) is 30.6 Å². The van der Waals surface area contributed by atoms with Crippen molar-refractivity contribution in [2.45, 2.75) is 358 Å². The molecule has 39 heteroatoms. The van der Waals surface area contributed by atoms with Gasteiger partial charge in [0.05, 0.1) is 48.4 Å². The van der Waals surface area contributed by atoms with Gasteiger partial charge in [-0.15, -0.1) is 25.5 Å². The number of imide groups is 1. The molecule has 19 amide bonds. The van der Waals surface area contributed by atoms with Gasteiger partial charge in [-0.1, -0.05) is 208 Å². The van der Waals surface area contributed by atoms with Crippen molar-refractivity contribution in [3.8, 4) is 12.3 Å². The number of rotatable bonds is 39. The Labute approximate surface area is 884 Å². The van der Waals surface area contributed by atoms with Crippen molar-refractivity contribution < 1.29 is 95.8 Å². The number of urea groups is 3. The van der Waals surface area contributed by atoms with Crippen LogP contribution in [0, 0.1) is 109 Å². The molecule has 7 heterocycles. The fraction of sp³-hybridized carbons (Fsp3) is 0.730. The molecule has 39 nitrogen and oxygen atoms in total. The fourth-order valence-electron chi connectivity index (χ4n) is 24.2. The molecule has 0 radical (unpaired) electrons. The zero-order chi connectivity index (χ0) is 111. The third-order valence-corrected chi connectivity index (χ3v) is 34.3.